The summed E-state index contributed by atoms with van der Waals surface area (Å²) in [5.41, 5.74) is 0.895. The highest BCUT2D eigenvalue weighted by molar-refractivity contribution is 6.03. The second kappa shape index (κ2) is 6.11. The Hall–Kier alpha value is -2.04. The standard InChI is InChI=1S/C19H26N2O3/c1-12(2)19(3,4)24-17-10-15-14(9-16(17)23-5)18(22)21-8-6-7-13(21)11-20-15/h9-13H,6-8H2,1-5H3. The van der Waals surface area contributed by atoms with Crippen LogP contribution in [0.2, 0.25) is 0 Å². The Morgan fingerprint density at radius 1 is 1.29 bits per heavy atom. The molecule has 1 unspecified atom stereocenters. The van der Waals surface area contributed by atoms with Crippen molar-refractivity contribution in [3.8, 4) is 11.5 Å². The summed E-state index contributed by atoms with van der Waals surface area (Å²) in [5, 5.41) is 0. The zero-order valence-corrected chi connectivity index (χ0v) is 15.1. The van der Waals surface area contributed by atoms with Gasteiger partial charge in [0.25, 0.3) is 5.91 Å². The van der Waals surface area contributed by atoms with Gasteiger partial charge in [-0.05, 0) is 38.7 Å². The Balaban J connectivity index is 2.03. The molecular formula is C19H26N2O3. The van der Waals surface area contributed by atoms with Crippen molar-refractivity contribution < 1.29 is 14.3 Å². The Morgan fingerprint density at radius 3 is 2.71 bits per heavy atom. The molecule has 0 aliphatic carbocycles. The number of methoxy groups -OCH3 is 1. The van der Waals surface area contributed by atoms with Crippen molar-refractivity contribution in [2.24, 2.45) is 10.9 Å². The van der Waals surface area contributed by atoms with Crippen molar-refractivity contribution >= 4 is 17.8 Å². The number of ether oxygens (including phenoxy) is 2. The van der Waals surface area contributed by atoms with Crippen molar-refractivity contribution in [3.05, 3.63) is 17.7 Å². The van der Waals surface area contributed by atoms with Gasteiger partial charge in [-0.15, -0.1) is 0 Å². The summed E-state index contributed by atoms with van der Waals surface area (Å²) in [6.07, 6.45) is 3.89. The number of amides is 1. The fraction of sp³-hybridized carbons (Fsp3) is 0.579. The van der Waals surface area contributed by atoms with E-state index in [4.69, 9.17) is 9.47 Å². The van der Waals surface area contributed by atoms with E-state index in [1.54, 1.807) is 13.2 Å². The van der Waals surface area contributed by atoms with Gasteiger partial charge in [-0.2, -0.15) is 0 Å². The van der Waals surface area contributed by atoms with Gasteiger partial charge in [0.2, 0.25) is 0 Å². The molecule has 130 valence electrons. The summed E-state index contributed by atoms with van der Waals surface area (Å²) in [6.45, 7) is 9.12. The van der Waals surface area contributed by atoms with E-state index < -0.39 is 0 Å². The monoisotopic (exact) mass is 330 g/mol. The fourth-order valence-corrected chi connectivity index (χ4v) is 2.99. The summed E-state index contributed by atoms with van der Waals surface area (Å²) >= 11 is 0. The van der Waals surface area contributed by atoms with Crippen LogP contribution in [-0.2, 0) is 0 Å². The largest absolute Gasteiger partial charge is 0.493 e. The van der Waals surface area contributed by atoms with Gasteiger partial charge >= 0.3 is 0 Å². The molecule has 0 bridgehead atoms. The van der Waals surface area contributed by atoms with Gasteiger partial charge in [0.05, 0.1) is 24.4 Å². The number of rotatable bonds is 4. The van der Waals surface area contributed by atoms with E-state index in [1.807, 2.05) is 31.0 Å². The molecule has 5 heteroatoms. The van der Waals surface area contributed by atoms with Crippen LogP contribution in [0.25, 0.3) is 0 Å². The van der Waals surface area contributed by atoms with Crippen LogP contribution in [0.15, 0.2) is 17.1 Å². The average molecular weight is 330 g/mol. The zero-order chi connectivity index (χ0) is 17.5. The lowest BCUT2D eigenvalue weighted by atomic mass is 9.94. The first kappa shape index (κ1) is 16.8. The van der Waals surface area contributed by atoms with Crippen LogP contribution in [-0.4, -0.2) is 42.3 Å². The molecule has 1 saturated heterocycles. The van der Waals surface area contributed by atoms with Crippen LogP contribution in [0.5, 0.6) is 11.5 Å². The first-order chi connectivity index (χ1) is 11.3. The smallest absolute Gasteiger partial charge is 0.256 e. The minimum atomic E-state index is -0.347. The van der Waals surface area contributed by atoms with Gasteiger partial charge in [0.15, 0.2) is 11.5 Å². The van der Waals surface area contributed by atoms with Crippen LogP contribution >= 0.6 is 0 Å². The minimum Gasteiger partial charge on any atom is -0.493 e. The molecule has 1 fully saturated rings. The number of carbonyl (C=O) groups is 1. The van der Waals surface area contributed by atoms with E-state index in [2.05, 4.69) is 18.8 Å². The van der Waals surface area contributed by atoms with Gasteiger partial charge in [-0.3, -0.25) is 9.79 Å². The Kier molecular flexibility index (Phi) is 4.28. The molecule has 2 aliphatic heterocycles. The molecule has 1 atom stereocenters. The first-order valence-corrected chi connectivity index (χ1v) is 8.59. The molecule has 5 nitrogen and oxygen atoms in total. The van der Waals surface area contributed by atoms with E-state index in [0.29, 0.717) is 28.7 Å². The fourth-order valence-electron chi connectivity index (χ4n) is 2.99. The van der Waals surface area contributed by atoms with Crippen molar-refractivity contribution in [1.29, 1.82) is 0 Å². The molecule has 2 aliphatic rings. The molecule has 2 heterocycles. The highest BCUT2D eigenvalue weighted by atomic mass is 16.5. The third-order valence-corrected chi connectivity index (χ3v) is 5.22. The lowest BCUT2D eigenvalue weighted by Gasteiger charge is -2.31. The highest BCUT2D eigenvalue weighted by Crippen LogP contribution is 2.40. The van der Waals surface area contributed by atoms with Crippen molar-refractivity contribution in [2.45, 2.75) is 52.2 Å². The number of fused-ring (bicyclic) bond motifs is 2. The molecule has 24 heavy (non-hydrogen) atoms. The van der Waals surface area contributed by atoms with Gasteiger partial charge < -0.3 is 14.4 Å². The number of carbonyl (C=O) groups excluding carboxylic acids is 1. The maximum atomic E-state index is 12.8. The predicted molar refractivity (Wildman–Crippen MR) is 94.7 cm³/mol. The molecule has 1 aromatic rings. The molecule has 0 aromatic heterocycles. The van der Waals surface area contributed by atoms with E-state index in [0.717, 1.165) is 19.4 Å². The second-order valence-electron chi connectivity index (χ2n) is 7.37. The number of benzene rings is 1. The van der Waals surface area contributed by atoms with E-state index >= 15 is 0 Å². The van der Waals surface area contributed by atoms with Crippen LogP contribution in [0, 0.1) is 5.92 Å². The summed E-state index contributed by atoms with van der Waals surface area (Å²) in [5.74, 6) is 1.56. The number of hydrogen-bond donors (Lipinski definition) is 0. The maximum Gasteiger partial charge on any atom is 0.256 e. The van der Waals surface area contributed by atoms with E-state index in [9.17, 15) is 4.79 Å². The molecule has 0 spiro atoms. The average Bonchev–Trinajstić information content (AvgIpc) is 2.95. The molecular weight excluding hydrogens is 304 g/mol. The topological polar surface area (TPSA) is 51.1 Å². The van der Waals surface area contributed by atoms with Crippen LogP contribution < -0.4 is 9.47 Å². The van der Waals surface area contributed by atoms with Gasteiger partial charge in [-0.25, -0.2) is 0 Å². The number of aliphatic imine (C=N–C) groups is 1. The van der Waals surface area contributed by atoms with Crippen molar-refractivity contribution in [2.75, 3.05) is 13.7 Å². The summed E-state index contributed by atoms with van der Waals surface area (Å²) in [6, 6.07) is 3.70. The molecule has 0 saturated carbocycles. The van der Waals surface area contributed by atoms with Crippen LogP contribution in [0.1, 0.15) is 50.9 Å². The SMILES string of the molecule is COc1cc2c(cc1OC(C)(C)C(C)C)N=CC1CCCN1C2=O. The van der Waals surface area contributed by atoms with Crippen LogP contribution in [0.4, 0.5) is 5.69 Å². The third-order valence-electron chi connectivity index (χ3n) is 5.22. The molecule has 0 radical (unpaired) electrons. The lowest BCUT2D eigenvalue weighted by molar-refractivity contribution is 0.0569. The number of hydrogen-bond acceptors (Lipinski definition) is 4. The Labute approximate surface area is 143 Å². The quantitative estimate of drug-likeness (QED) is 0.843. The zero-order valence-electron chi connectivity index (χ0n) is 15.1. The Morgan fingerprint density at radius 2 is 2.04 bits per heavy atom. The normalized spacial score (nSPS) is 20.0. The molecule has 3 rings (SSSR count). The molecule has 1 amide bonds. The predicted octanol–water partition coefficient (Wildman–Crippen LogP) is 3.83. The minimum absolute atomic E-state index is 0.0259. The van der Waals surface area contributed by atoms with Gasteiger partial charge in [0.1, 0.15) is 5.60 Å². The number of nitrogens with zero attached hydrogens (tertiary/aromatic N) is 2. The molecule has 1 aromatic carbocycles. The molecule has 0 N–H and O–H groups in total. The Bertz CT molecular complexity index is 679. The lowest BCUT2D eigenvalue weighted by Crippen LogP contribution is -2.35. The van der Waals surface area contributed by atoms with Gasteiger partial charge in [-0.1, -0.05) is 13.8 Å². The van der Waals surface area contributed by atoms with Gasteiger partial charge in [0, 0.05) is 18.8 Å². The van der Waals surface area contributed by atoms with E-state index in [-0.39, 0.29) is 17.6 Å². The summed E-state index contributed by atoms with van der Waals surface area (Å²) in [7, 11) is 1.60. The first-order valence-electron chi connectivity index (χ1n) is 8.59. The second-order valence-corrected chi connectivity index (χ2v) is 7.37. The highest BCUT2D eigenvalue weighted by Gasteiger charge is 2.33. The summed E-state index contributed by atoms with van der Waals surface area (Å²) < 4.78 is 11.7. The van der Waals surface area contributed by atoms with E-state index in [1.165, 1.54) is 0 Å². The maximum absolute atomic E-state index is 12.8. The van der Waals surface area contributed by atoms with Crippen LogP contribution in [0.3, 0.4) is 0 Å². The van der Waals surface area contributed by atoms with Crippen molar-refractivity contribution in [3.63, 3.8) is 0 Å². The summed E-state index contributed by atoms with van der Waals surface area (Å²) in [4.78, 5) is 19.3. The third kappa shape index (κ3) is 2.87. The van der Waals surface area contributed by atoms with Crippen molar-refractivity contribution in [1.82, 2.24) is 4.90 Å².